The predicted octanol–water partition coefficient (Wildman–Crippen LogP) is 7.11. The van der Waals surface area contributed by atoms with Crippen molar-refractivity contribution in [1.82, 2.24) is 0 Å². The van der Waals surface area contributed by atoms with Gasteiger partial charge in [-0.3, -0.25) is 4.79 Å². The zero-order valence-electron chi connectivity index (χ0n) is 19.2. The summed E-state index contributed by atoms with van der Waals surface area (Å²) in [5.74, 6) is 0.940. The fourth-order valence-electron chi connectivity index (χ4n) is 6.15. The summed E-state index contributed by atoms with van der Waals surface area (Å²) >= 11 is 0. The molecule has 0 fully saturated rings. The van der Waals surface area contributed by atoms with E-state index >= 15 is 0 Å². The molecule has 3 aromatic carbocycles. The van der Waals surface area contributed by atoms with Gasteiger partial charge in [-0.2, -0.15) is 0 Å². The van der Waals surface area contributed by atoms with E-state index in [4.69, 9.17) is 0 Å². The zero-order chi connectivity index (χ0) is 21.8. The second kappa shape index (κ2) is 7.48. The highest BCUT2D eigenvalue weighted by Crippen LogP contribution is 2.54. The molecule has 1 atom stereocenters. The molecule has 3 aromatic rings. The summed E-state index contributed by atoms with van der Waals surface area (Å²) in [5.41, 5.74) is 11.1. The SMILES string of the molecule is CCCC(C)Cc1ccc2c(c1)C(=O)CC21c2ccc(C)cc2Cc2cc(C)ccc21. The lowest BCUT2D eigenvalue weighted by Crippen LogP contribution is -2.33. The van der Waals surface area contributed by atoms with Gasteiger partial charge in [-0.15, -0.1) is 0 Å². The normalized spacial score (nSPS) is 16.7. The molecule has 1 spiro atoms. The Kier molecular flexibility index (Phi) is 4.88. The molecular weight excluding hydrogens is 376 g/mol. The Morgan fingerprint density at radius 3 is 2.10 bits per heavy atom. The summed E-state index contributed by atoms with van der Waals surface area (Å²) in [6.07, 6.45) is 4.98. The van der Waals surface area contributed by atoms with Crippen molar-refractivity contribution in [2.45, 2.75) is 65.2 Å². The van der Waals surface area contributed by atoms with E-state index in [2.05, 4.69) is 82.3 Å². The van der Waals surface area contributed by atoms with Crippen molar-refractivity contribution in [2.75, 3.05) is 0 Å². The highest BCUT2D eigenvalue weighted by atomic mass is 16.1. The van der Waals surface area contributed by atoms with Crippen LogP contribution in [0.15, 0.2) is 54.6 Å². The van der Waals surface area contributed by atoms with Crippen molar-refractivity contribution < 1.29 is 4.79 Å². The molecule has 0 saturated carbocycles. The van der Waals surface area contributed by atoms with Crippen molar-refractivity contribution in [3.05, 3.63) is 105 Å². The molecule has 1 nitrogen and oxygen atoms in total. The first-order valence-corrected chi connectivity index (χ1v) is 11.8. The maximum Gasteiger partial charge on any atom is 0.164 e. The van der Waals surface area contributed by atoms with Crippen LogP contribution in [0.2, 0.25) is 0 Å². The van der Waals surface area contributed by atoms with Crippen LogP contribution in [0.3, 0.4) is 0 Å². The number of hydrogen-bond donors (Lipinski definition) is 0. The fraction of sp³-hybridized carbons (Fsp3) is 0.367. The number of Topliss-reactive ketones (excluding diaryl/α,β-unsaturated/α-hetero) is 1. The molecule has 0 N–H and O–H groups in total. The van der Waals surface area contributed by atoms with Crippen molar-refractivity contribution in [3.63, 3.8) is 0 Å². The zero-order valence-corrected chi connectivity index (χ0v) is 19.2. The second-order valence-electron chi connectivity index (χ2n) is 9.98. The van der Waals surface area contributed by atoms with Gasteiger partial charge in [0.25, 0.3) is 0 Å². The number of carbonyl (C=O) groups excluding carboxylic acids is 1. The Balaban J connectivity index is 1.71. The third-order valence-electron chi connectivity index (χ3n) is 7.46. The average Bonchev–Trinajstić information content (AvgIpc) is 3.00. The summed E-state index contributed by atoms with van der Waals surface area (Å²) in [6.45, 7) is 8.89. The number of fused-ring (bicyclic) bond motifs is 6. The van der Waals surface area contributed by atoms with Crippen molar-refractivity contribution in [1.29, 1.82) is 0 Å². The third-order valence-corrected chi connectivity index (χ3v) is 7.46. The molecule has 2 aliphatic carbocycles. The fourth-order valence-corrected chi connectivity index (χ4v) is 6.15. The van der Waals surface area contributed by atoms with Crippen molar-refractivity contribution >= 4 is 5.78 Å². The first-order chi connectivity index (χ1) is 14.9. The molecule has 1 unspecified atom stereocenters. The Labute approximate surface area is 186 Å². The number of benzene rings is 3. The Hall–Kier alpha value is -2.67. The van der Waals surface area contributed by atoms with Crippen LogP contribution in [-0.2, 0) is 18.3 Å². The Bertz CT molecular complexity index is 1130. The topological polar surface area (TPSA) is 17.1 Å². The summed E-state index contributed by atoms with van der Waals surface area (Å²) in [7, 11) is 0. The van der Waals surface area contributed by atoms with Gasteiger partial charge in [-0.05, 0) is 72.1 Å². The number of aryl methyl sites for hydroxylation is 2. The van der Waals surface area contributed by atoms with E-state index in [0.717, 1.165) is 18.4 Å². The molecule has 5 rings (SSSR count). The van der Waals surface area contributed by atoms with Crippen LogP contribution in [-0.4, -0.2) is 5.78 Å². The van der Waals surface area contributed by atoms with Gasteiger partial charge in [0, 0.05) is 12.0 Å². The van der Waals surface area contributed by atoms with Gasteiger partial charge in [0.2, 0.25) is 0 Å². The van der Waals surface area contributed by atoms with Gasteiger partial charge < -0.3 is 0 Å². The van der Waals surface area contributed by atoms with Gasteiger partial charge in [-0.1, -0.05) is 86.3 Å². The lowest BCUT2D eigenvalue weighted by atomic mass is 9.63. The highest BCUT2D eigenvalue weighted by molar-refractivity contribution is 6.04. The average molecular weight is 409 g/mol. The van der Waals surface area contributed by atoms with Crippen LogP contribution in [0.4, 0.5) is 0 Å². The minimum Gasteiger partial charge on any atom is -0.294 e. The quantitative estimate of drug-likeness (QED) is 0.450. The highest BCUT2D eigenvalue weighted by Gasteiger charge is 2.49. The van der Waals surface area contributed by atoms with Gasteiger partial charge in [0.05, 0.1) is 5.41 Å². The van der Waals surface area contributed by atoms with E-state index in [1.165, 1.54) is 57.3 Å². The molecule has 158 valence electrons. The molecule has 0 aliphatic heterocycles. The molecule has 0 heterocycles. The summed E-state index contributed by atoms with van der Waals surface area (Å²) in [5, 5.41) is 0. The molecule has 0 aromatic heterocycles. The van der Waals surface area contributed by atoms with Gasteiger partial charge >= 0.3 is 0 Å². The van der Waals surface area contributed by atoms with Gasteiger partial charge in [0.15, 0.2) is 5.78 Å². The summed E-state index contributed by atoms with van der Waals surface area (Å²) in [6, 6.07) is 20.4. The van der Waals surface area contributed by atoms with Crippen LogP contribution in [0, 0.1) is 19.8 Å². The lowest BCUT2D eigenvalue weighted by molar-refractivity contribution is 0.0984. The maximum absolute atomic E-state index is 13.5. The molecule has 1 heteroatoms. The molecule has 0 saturated heterocycles. The van der Waals surface area contributed by atoms with Crippen LogP contribution in [0.5, 0.6) is 0 Å². The van der Waals surface area contributed by atoms with E-state index in [1.807, 2.05) is 0 Å². The maximum atomic E-state index is 13.5. The Morgan fingerprint density at radius 1 is 0.871 bits per heavy atom. The summed E-state index contributed by atoms with van der Waals surface area (Å²) in [4.78, 5) is 13.5. The molecule has 31 heavy (non-hydrogen) atoms. The van der Waals surface area contributed by atoms with Crippen molar-refractivity contribution in [3.8, 4) is 0 Å². The van der Waals surface area contributed by atoms with Gasteiger partial charge in [0.1, 0.15) is 0 Å². The molecular formula is C30H32O. The van der Waals surface area contributed by atoms with E-state index in [0.29, 0.717) is 18.1 Å². The lowest BCUT2D eigenvalue weighted by Gasteiger charge is -2.39. The number of rotatable bonds is 4. The number of carbonyl (C=O) groups is 1. The number of ketones is 1. The summed E-state index contributed by atoms with van der Waals surface area (Å²) < 4.78 is 0. The molecule has 0 radical (unpaired) electrons. The number of hydrogen-bond acceptors (Lipinski definition) is 1. The molecule has 2 aliphatic rings. The van der Waals surface area contributed by atoms with Crippen LogP contribution < -0.4 is 0 Å². The first-order valence-electron chi connectivity index (χ1n) is 11.8. The first kappa shape index (κ1) is 20.2. The van der Waals surface area contributed by atoms with E-state index < -0.39 is 0 Å². The van der Waals surface area contributed by atoms with E-state index in [1.54, 1.807) is 0 Å². The predicted molar refractivity (Wildman–Crippen MR) is 128 cm³/mol. The van der Waals surface area contributed by atoms with Crippen molar-refractivity contribution in [2.24, 2.45) is 5.92 Å². The van der Waals surface area contributed by atoms with Gasteiger partial charge in [-0.25, -0.2) is 0 Å². The van der Waals surface area contributed by atoms with Crippen LogP contribution >= 0.6 is 0 Å². The minimum absolute atomic E-state index is 0.292. The second-order valence-corrected chi connectivity index (χ2v) is 9.98. The smallest absolute Gasteiger partial charge is 0.164 e. The molecule has 0 amide bonds. The molecule has 0 bridgehead atoms. The van der Waals surface area contributed by atoms with Crippen LogP contribution in [0.1, 0.15) is 88.0 Å². The monoisotopic (exact) mass is 408 g/mol. The van der Waals surface area contributed by atoms with E-state index in [-0.39, 0.29) is 5.41 Å². The standard InChI is InChI=1S/C30H32O/c1-5-6-19(2)13-22-9-12-28-25(16-22)29(31)18-30(28)26-10-7-20(3)14-23(26)17-24-15-21(4)8-11-27(24)30/h7-12,14-16,19H,5-6,13,17-18H2,1-4H3. The Morgan fingerprint density at radius 2 is 1.48 bits per heavy atom. The largest absolute Gasteiger partial charge is 0.294 e. The minimum atomic E-state index is -0.343. The van der Waals surface area contributed by atoms with Crippen LogP contribution in [0.25, 0.3) is 0 Å². The van der Waals surface area contributed by atoms with E-state index in [9.17, 15) is 4.79 Å². The third kappa shape index (κ3) is 3.17.